The number of allylic oxidation sites excluding steroid dienone is 1. The molecular weight excluding hydrogens is 738 g/mol. The Bertz CT molecular complexity index is 1490. The second kappa shape index (κ2) is 26.1. The molecule has 0 saturated carbocycles. The molecule has 7 amide bonds. The van der Waals surface area contributed by atoms with Crippen LogP contribution in [0.25, 0.3) is 0 Å². The van der Waals surface area contributed by atoms with Gasteiger partial charge in [0.1, 0.15) is 26.0 Å². The second-order valence-electron chi connectivity index (χ2n) is 15.7. The van der Waals surface area contributed by atoms with Crippen molar-refractivity contribution < 1.29 is 47.8 Å². The Kier molecular flexibility index (Phi) is 22.1. The first-order valence-electron chi connectivity index (χ1n) is 19.4. The van der Waals surface area contributed by atoms with Crippen molar-refractivity contribution in [1.29, 1.82) is 0 Å². The summed E-state index contributed by atoms with van der Waals surface area (Å²) in [6.07, 6.45) is 10.2. The van der Waals surface area contributed by atoms with Crippen molar-refractivity contribution in [2.75, 3.05) is 59.3 Å². The molecule has 0 fully saturated rings. The van der Waals surface area contributed by atoms with E-state index in [2.05, 4.69) is 38.0 Å². The first kappa shape index (κ1) is 48.3. The van der Waals surface area contributed by atoms with Gasteiger partial charge in [-0.15, -0.1) is 0 Å². The molecule has 0 radical (unpaired) electrons. The fraction of sp³-hybridized carbons (Fsp3) is 0.625. The molecule has 2 rings (SSSR count). The summed E-state index contributed by atoms with van der Waals surface area (Å²) in [6, 6.07) is 8.26. The Balaban J connectivity index is 1.71. The number of benzene rings is 1. The lowest BCUT2D eigenvalue weighted by atomic mass is 9.89. The standard InChI is InChI=1S/C40H63N7O10/c1-39(2,26-56-27-40(3,4)25-45-37(53)24-57-30-15-11-6-5-7-12-16-30)19-33(49)42-20-34(50)43-22-36(52)47-31(18-17-29-13-9-8-10-14-29)38(54)44-21-35(51)46-28-55-23-32(41)48/h8-11,13-15,30-31H,5-7,12,16-28H2,1-4H3,(H2,41,48)(H,42,49)(H,43,50)(H,44,54)(H,45,53)(H,46,51)(H,47,52)/b15-11-/t30?,31-/m0/s1. The summed E-state index contributed by atoms with van der Waals surface area (Å²) in [5.41, 5.74) is 4.97. The number of hydrogen-bond donors (Lipinski definition) is 7. The molecule has 8 N–H and O–H groups in total. The van der Waals surface area contributed by atoms with E-state index in [0.717, 1.165) is 24.8 Å². The highest BCUT2D eigenvalue weighted by Crippen LogP contribution is 2.23. The van der Waals surface area contributed by atoms with Crippen molar-refractivity contribution in [1.82, 2.24) is 31.9 Å². The molecule has 17 nitrogen and oxygen atoms in total. The molecule has 0 saturated heterocycles. The molecule has 17 heteroatoms. The number of nitrogens with two attached hydrogens (primary N) is 1. The Labute approximate surface area is 335 Å². The first-order chi connectivity index (χ1) is 27.0. The van der Waals surface area contributed by atoms with Crippen LogP contribution in [0.1, 0.15) is 78.2 Å². The van der Waals surface area contributed by atoms with E-state index < -0.39 is 54.1 Å². The normalized spacial score (nSPS) is 15.5. The number of carbonyl (C=O) groups is 7. The lowest BCUT2D eigenvalue weighted by molar-refractivity contribution is -0.131. The third kappa shape index (κ3) is 23.7. The van der Waals surface area contributed by atoms with E-state index in [-0.39, 0.29) is 69.3 Å². The van der Waals surface area contributed by atoms with Gasteiger partial charge in [0, 0.05) is 18.4 Å². The third-order valence-corrected chi connectivity index (χ3v) is 8.67. The molecular formula is C40H63N7O10. The average molecular weight is 802 g/mol. The van der Waals surface area contributed by atoms with Crippen LogP contribution in [0.3, 0.4) is 0 Å². The van der Waals surface area contributed by atoms with Crippen LogP contribution in [0, 0.1) is 10.8 Å². The van der Waals surface area contributed by atoms with Crippen LogP contribution in [0.4, 0.5) is 0 Å². The molecule has 0 bridgehead atoms. The molecule has 1 aromatic carbocycles. The largest absolute Gasteiger partial charge is 0.380 e. The van der Waals surface area contributed by atoms with Gasteiger partial charge in [0.25, 0.3) is 0 Å². The first-order valence-corrected chi connectivity index (χ1v) is 19.4. The lowest BCUT2D eigenvalue weighted by Gasteiger charge is -2.29. The van der Waals surface area contributed by atoms with Crippen LogP contribution in [0.15, 0.2) is 42.5 Å². The van der Waals surface area contributed by atoms with Crippen LogP contribution in [-0.2, 0) is 54.2 Å². The molecule has 0 aromatic heterocycles. The van der Waals surface area contributed by atoms with E-state index in [4.69, 9.17) is 19.9 Å². The monoisotopic (exact) mass is 801 g/mol. The molecule has 0 heterocycles. The number of hydrogen-bond acceptors (Lipinski definition) is 10. The number of rotatable bonds is 26. The highest BCUT2D eigenvalue weighted by Gasteiger charge is 2.26. The average Bonchev–Trinajstić information content (AvgIpc) is 3.14. The quantitative estimate of drug-likeness (QED) is 0.0389. The second-order valence-corrected chi connectivity index (χ2v) is 15.7. The SMILES string of the molecule is CC(C)(CNC(=O)COC1/C=C\CCCCC1)COCC(C)(C)CC(=O)NCC(=O)NCC(=O)N[C@@H](CCc1ccccc1)C(=O)NCC(=O)NCOCC(N)=O. The Hall–Kier alpha value is -4.87. The van der Waals surface area contributed by atoms with E-state index in [1.807, 2.05) is 64.1 Å². The van der Waals surface area contributed by atoms with Crippen LogP contribution in [0.2, 0.25) is 0 Å². The Morgan fingerprint density at radius 2 is 1.40 bits per heavy atom. The van der Waals surface area contributed by atoms with Gasteiger partial charge in [0.2, 0.25) is 41.4 Å². The number of primary amides is 1. The van der Waals surface area contributed by atoms with Gasteiger partial charge in [-0.25, -0.2) is 0 Å². The van der Waals surface area contributed by atoms with Crippen LogP contribution in [-0.4, -0.2) is 113 Å². The zero-order valence-corrected chi connectivity index (χ0v) is 33.9. The highest BCUT2D eigenvalue weighted by atomic mass is 16.5. The minimum atomic E-state index is -1.03. The van der Waals surface area contributed by atoms with Crippen molar-refractivity contribution in [3.05, 3.63) is 48.0 Å². The van der Waals surface area contributed by atoms with Gasteiger partial charge in [-0.1, -0.05) is 83.0 Å². The molecule has 1 unspecified atom stereocenters. The summed E-state index contributed by atoms with van der Waals surface area (Å²) in [7, 11) is 0. The van der Waals surface area contributed by atoms with Gasteiger partial charge in [-0.05, 0) is 43.1 Å². The van der Waals surface area contributed by atoms with Crippen molar-refractivity contribution in [2.45, 2.75) is 91.2 Å². The summed E-state index contributed by atoms with van der Waals surface area (Å²) >= 11 is 0. The van der Waals surface area contributed by atoms with Crippen LogP contribution < -0.4 is 37.6 Å². The van der Waals surface area contributed by atoms with Gasteiger partial charge in [-0.2, -0.15) is 0 Å². The summed E-state index contributed by atoms with van der Waals surface area (Å²) in [4.78, 5) is 86.1. The third-order valence-electron chi connectivity index (χ3n) is 8.67. The minimum absolute atomic E-state index is 0.00277. The molecule has 1 aliphatic carbocycles. The molecule has 318 valence electrons. The molecule has 57 heavy (non-hydrogen) atoms. The van der Waals surface area contributed by atoms with Crippen LogP contribution >= 0.6 is 0 Å². The number of nitrogens with one attached hydrogen (secondary N) is 6. The zero-order chi connectivity index (χ0) is 42.1. The van der Waals surface area contributed by atoms with Crippen molar-refractivity contribution in [3.63, 3.8) is 0 Å². The number of ether oxygens (including phenoxy) is 3. The van der Waals surface area contributed by atoms with Crippen molar-refractivity contribution in [3.8, 4) is 0 Å². The maximum absolute atomic E-state index is 12.9. The molecule has 0 spiro atoms. The van der Waals surface area contributed by atoms with Gasteiger partial charge in [0.05, 0.1) is 39.0 Å². The smallest absolute Gasteiger partial charge is 0.246 e. The fourth-order valence-corrected chi connectivity index (χ4v) is 5.57. The lowest BCUT2D eigenvalue weighted by Crippen LogP contribution is -2.51. The maximum Gasteiger partial charge on any atom is 0.246 e. The zero-order valence-electron chi connectivity index (χ0n) is 33.9. The summed E-state index contributed by atoms with van der Waals surface area (Å²) in [6.45, 7) is 6.77. The van der Waals surface area contributed by atoms with E-state index in [1.165, 1.54) is 12.8 Å². The molecule has 0 aliphatic heterocycles. The van der Waals surface area contributed by atoms with Gasteiger partial charge < -0.3 is 51.8 Å². The Morgan fingerprint density at radius 3 is 2.14 bits per heavy atom. The van der Waals surface area contributed by atoms with Gasteiger partial charge >= 0.3 is 0 Å². The summed E-state index contributed by atoms with van der Waals surface area (Å²) in [5, 5.41) is 15.3. The Morgan fingerprint density at radius 1 is 0.737 bits per heavy atom. The number of amides is 7. The topological polar surface area (TPSA) is 245 Å². The number of aryl methyl sites for hydroxylation is 1. The fourth-order valence-electron chi connectivity index (χ4n) is 5.57. The van der Waals surface area contributed by atoms with Gasteiger partial charge in [-0.3, -0.25) is 33.6 Å². The number of carbonyl (C=O) groups excluding carboxylic acids is 7. The molecule has 2 atom stereocenters. The highest BCUT2D eigenvalue weighted by molar-refractivity contribution is 5.92. The summed E-state index contributed by atoms with van der Waals surface area (Å²) < 4.78 is 16.6. The van der Waals surface area contributed by atoms with E-state index >= 15 is 0 Å². The van der Waals surface area contributed by atoms with E-state index in [0.29, 0.717) is 19.6 Å². The molecule has 1 aromatic rings. The van der Waals surface area contributed by atoms with E-state index in [1.54, 1.807) is 0 Å². The van der Waals surface area contributed by atoms with Crippen LogP contribution in [0.5, 0.6) is 0 Å². The van der Waals surface area contributed by atoms with E-state index in [9.17, 15) is 33.6 Å². The summed E-state index contributed by atoms with van der Waals surface area (Å²) in [5.74, 6) is -3.73. The molecule has 1 aliphatic rings. The predicted octanol–water partition coefficient (Wildman–Crippen LogP) is 0.509. The minimum Gasteiger partial charge on any atom is -0.380 e. The van der Waals surface area contributed by atoms with Crippen molar-refractivity contribution >= 4 is 41.4 Å². The maximum atomic E-state index is 12.9. The van der Waals surface area contributed by atoms with Crippen molar-refractivity contribution in [2.24, 2.45) is 16.6 Å². The predicted molar refractivity (Wildman–Crippen MR) is 212 cm³/mol. The van der Waals surface area contributed by atoms with Gasteiger partial charge in [0.15, 0.2) is 0 Å².